The van der Waals surface area contributed by atoms with E-state index in [1.807, 2.05) is 42.5 Å². The maximum absolute atomic E-state index is 6.21. The highest BCUT2D eigenvalue weighted by molar-refractivity contribution is 6.34. The lowest BCUT2D eigenvalue weighted by molar-refractivity contribution is 1.30. The van der Waals surface area contributed by atoms with E-state index in [1.54, 1.807) is 6.21 Å². The summed E-state index contributed by atoms with van der Waals surface area (Å²) in [4.78, 5) is 9.04. The van der Waals surface area contributed by atoms with Gasteiger partial charge in [0.1, 0.15) is 0 Å². The summed E-state index contributed by atoms with van der Waals surface area (Å²) in [5, 5.41) is 1.37. The molecular formula is C15H10Cl2N2. The van der Waals surface area contributed by atoms with Crippen LogP contribution in [0.3, 0.4) is 0 Å². The molecule has 0 bridgehead atoms. The largest absolute Gasteiger partial charge is 0.286 e. The van der Waals surface area contributed by atoms with E-state index in [1.165, 1.54) is 0 Å². The molecule has 0 aliphatic carbocycles. The molecule has 0 radical (unpaired) electrons. The van der Waals surface area contributed by atoms with Crippen LogP contribution < -0.4 is 0 Å². The normalized spacial score (nSPS) is 13.7. The number of nitrogens with zero attached hydrogens (tertiary/aromatic N) is 2. The van der Waals surface area contributed by atoms with Gasteiger partial charge in [-0.3, -0.25) is 9.98 Å². The Labute approximate surface area is 121 Å². The van der Waals surface area contributed by atoms with Gasteiger partial charge in [-0.05, 0) is 24.3 Å². The van der Waals surface area contributed by atoms with Gasteiger partial charge in [-0.15, -0.1) is 0 Å². The van der Waals surface area contributed by atoms with Crippen LogP contribution in [0.2, 0.25) is 10.0 Å². The van der Waals surface area contributed by atoms with Crippen LogP contribution in [0.1, 0.15) is 11.1 Å². The second kappa shape index (κ2) is 5.16. The van der Waals surface area contributed by atoms with Crippen molar-refractivity contribution in [1.82, 2.24) is 0 Å². The van der Waals surface area contributed by atoms with Crippen molar-refractivity contribution in [2.24, 2.45) is 9.98 Å². The molecule has 0 saturated heterocycles. The van der Waals surface area contributed by atoms with Gasteiger partial charge >= 0.3 is 0 Å². The maximum atomic E-state index is 6.21. The summed E-state index contributed by atoms with van der Waals surface area (Å²) in [6.45, 7) is 0.510. The Morgan fingerprint density at radius 1 is 1.00 bits per heavy atom. The minimum atomic E-state index is 0.510. The smallest absolute Gasteiger partial charge is 0.0818 e. The lowest BCUT2D eigenvalue weighted by Crippen LogP contribution is -2.04. The van der Waals surface area contributed by atoms with Gasteiger partial charge in [0.25, 0.3) is 0 Å². The quantitative estimate of drug-likeness (QED) is 0.736. The number of hydrogen-bond donors (Lipinski definition) is 0. The number of aliphatic imine (C=N–C) groups is 2. The van der Waals surface area contributed by atoms with Gasteiger partial charge < -0.3 is 0 Å². The standard InChI is InChI=1S/C15H10Cl2N2/c16-11-5-6-14-10(7-11)8-18-9-15(19-14)12-3-1-2-4-13(12)17/h1-8H,9H2. The zero-order valence-electron chi connectivity index (χ0n) is 9.98. The van der Waals surface area contributed by atoms with E-state index in [0.29, 0.717) is 16.6 Å². The summed E-state index contributed by atoms with van der Waals surface area (Å²) in [7, 11) is 0. The van der Waals surface area contributed by atoms with Crippen LogP contribution in [0.4, 0.5) is 5.69 Å². The highest BCUT2D eigenvalue weighted by atomic mass is 35.5. The first-order chi connectivity index (χ1) is 9.24. The van der Waals surface area contributed by atoms with Crippen LogP contribution in [0, 0.1) is 0 Å². The fourth-order valence-corrected chi connectivity index (χ4v) is 2.41. The second-order valence-corrected chi connectivity index (χ2v) is 5.05. The van der Waals surface area contributed by atoms with Crippen molar-refractivity contribution in [2.45, 2.75) is 0 Å². The molecular weight excluding hydrogens is 279 g/mol. The second-order valence-electron chi connectivity index (χ2n) is 4.21. The van der Waals surface area contributed by atoms with Crippen LogP contribution in [0.5, 0.6) is 0 Å². The Bertz CT molecular complexity index is 690. The topological polar surface area (TPSA) is 24.7 Å². The molecule has 1 heterocycles. The summed E-state index contributed by atoms with van der Waals surface area (Å²) < 4.78 is 0. The van der Waals surface area contributed by atoms with E-state index in [0.717, 1.165) is 22.5 Å². The molecule has 94 valence electrons. The summed E-state index contributed by atoms with van der Waals surface area (Å²) >= 11 is 12.2. The van der Waals surface area contributed by atoms with Gasteiger partial charge in [0.15, 0.2) is 0 Å². The first kappa shape index (κ1) is 12.4. The molecule has 1 aliphatic heterocycles. The lowest BCUT2D eigenvalue weighted by Gasteiger charge is -2.05. The fraction of sp³-hybridized carbons (Fsp3) is 0.0667. The van der Waals surface area contributed by atoms with Crippen LogP contribution in [-0.2, 0) is 0 Å². The van der Waals surface area contributed by atoms with Gasteiger partial charge in [0.2, 0.25) is 0 Å². The van der Waals surface area contributed by atoms with Gasteiger partial charge in [-0.1, -0.05) is 41.4 Å². The first-order valence-electron chi connectivity index (χ1n) is 5.86. The SMILES string of the molecule is Clc1ccc2c(c1)C=NCC(c1ccccc1Cl)=N2. The Kier molecular flexibility index (Phi) is 3.36. The van der Waals surface area contributed by atoms with Crippen molar-refractivity contribution < 1.29 is 0 Å². The van der Waals surface area contributed by atoms with E-state index in [-0.39, 0.29) is 0 Å². The number of halogens is 2. The Morgan fingerprint density at radius 2 is 1.84 bits per heavy atom. The highest BCUT2D eigenvalue weighted by Crippen LogP contribution is 2.26. The predicted molar refractivity (Wildman–Crippen MR) is 81.6 cm³/mol. The van der Waals surface area contributed by atoms with E-state index < -0.39 is 0 Å². The molecule has 2 nitrogen and oxygen atoms in total. The molecule has 2 aromatic rings. The van der Waals surface area contributed by atoms with E-state index in [2.05, 4.69) is 9.98 Å². The van der Waals surface area contributed by atoms with Crippen LogP contribution in [-0.4, -0.2) is 18.5 Å². The predicted octanol–water partition coefficient (Wildman–Crippen LogP) is 4.55. The Balaban J connectivity index is 2.12. The minimum absolute atomic E-state index is 0.510. The van der Waals surface area contributed by atoms with Crippen molar-refractivity contribution in [1.29, 1.82) is 0 Å². The van der Waals surface area contributed by atoms with Gasteiger partial charge in [-0.25, -0.2) is 0 Å². The summed E-state index contributed by atoms with van der Waals surface area (Å²) in [5.74, 6) is 0. The average Bonchev–Trinajstić information content (AvgIpc) is 2.61. The third-order valence-corrected chi connectivity index (χ3v) is 3.47. The molecule has 2 aromatic carbocycles. The molecule has 0 unspecified atom stereocenters. The molecule has 0 amide bonds. The zero-order chi connectivity index (χ0) is 13.2. The molecule has 0 fully saturated rings. The summed E-state index contributed by atoms with van der Waals surface area (Å²) in [6, 6.07) is 13.2. The van der Waals surface area contributed by atoms with Crippen molar-refractivity contribution in [2.75, 3.05) is 6.54 Å². The van der Waals surface area contributed by atoms with Gasteiger partial charge in [0.05, 0.1) is 17.9 Å². The Hall–Kier alpha value is -1.64. The van der Waals surface area contributed by atoms with Gasteiger partial charge in [-0.2, -0.15) is 0 Å². The molecule has 3 rings (SSSR count). The average molecular weight is 289 g/mol. The van der Waals surface area contributed by atoms with Crippen molar-refractivity contribution in [3.63, 3.8) is 0 Å². The molecule has 0 atom stereocenters. The lowest BCUT2D eigenvalue weighted by atomic mass is 10.1. The van der Waals surface area contributed by atoms with Gasteiger partial charge in [0, 0.05) is 27.4 Å². The number of hydrogen-bond acceptors (Lipinski definition) is 2. The van der Waals surface area contributed by atoms with E-state index in [9.17, 15) is 0 Å². The summed E-state index contributed by atoms with van der Waals surface area (Å²) in [6.07, 6.45) is 1.80. The fourth-order valence-electron chi connectivity index (χ4n) is 1.98. The molecule has 19 heavy (non-hydrogen) atoms. The van der Waals surface area contributed by atoms with E-state index in [4.69, 9.17) is 23.2 Å². The summed E-state index contributed by atoms with van der Waals surface area (Å²) in [5.41, 5.74) is 3.57. The zero-order valence-corrected chi connectivity index (χ0v) is 11.5. The highest BCUT2D eigenvalue weighted by Gasteiger charge is 2.11. The van der Waals surface area contributed by atoms with Crippen LogP contribution in [0.25, 0.3) is 0 Å². The number of benzene rings is 2. The minimum Gasteiger partial charge on any atom is -0.286 e. The maximum Gasteiger partial charge on any atom is 0.0818 e. The molecule has 4 heteroatoms. The molecule has 0 N–H and O–H groups in total. The van der Waals surface area contributed by atoms with Crippen molar-refractivity contribution >= 4 is 40.8 Å². The number of fused-ring (bicyclic) bond motifs is 1. The van der Waals surface area contributed by atoms with Crippen molar-refractivity contribution in [3.8, 4) is 0 Å². The number of rotatable bonds is 1. The first-order valence-corrected chi connectivity index (χ1v) is 6.61. The monoisotopic (exact) mass is 288 g/mol. The van der Waals surface area contributed by atoms with E-state index >= 15 is 0 Å². The Morgan fingerprint density at radius 3 is 2.68 bits per heavy atom. The third-order valence-electron chi connectivity index (χ3n) is 2.90. The van der Waals surface area contributed by atoms with Crippen molar-refractivity contribution in [3.05, 3.63) is 63.6 Å². The molecule has 0 saturated carbocycles. The molecule has 0 aromatic heterocycles. The molecule has 1 aliphatic rings. The molecule has 0 spiro atoms. The van der Waals surface area contributed by atoms with Crippen LogP contribution >= 0.6 is 23.2 Å². The third kappa shape index (κ3) is 2.55. The van der Waals surface area contributed by atoms with Crippen LogP contribution in [0.15, 0.2) is 52.4 Å².